The Labute approximate surface area is 129 Å². The number of hydrogen-bond donors (Lipinski definition) is 2. The molecule has 1 unspecified atom stereocenters. The minimum Gasteiger partial charge on any atom is -0.480 e. The van der Waals surface area contributed by atoms with Crippen molar-refractivity contribution >= 4 is 11.9 Å². The molecule has 0 saturated carbocycles. The summed E-state index contributed by atoms with van der Waals surface area (Å²) in [6.07, 6.45) is 1.26. The molecule has 122 valence electrons. The number of aliphatic carboxylic acids is 1. The Kier molecular flexibility index (Phi) is 7.36. The smallest absolute Gasteiger partial charge is 0.326 e. The summed E-state index contributed by atoms with van der Waals surface area (Å²) in [7, 11) is 0. The highest BCUT2D eigenvalue weighted by molar-refractivity contribution is 5.86. The van der Waals surface area contributed by atoms with E-state index in [9.17, 15) is 14.0 Å². The van der Waals surface area contributed by atoms with E-state index >= 15 is 0 Å². The van der Waals surface area contributed by atoms with E-state index in [1.165, 1.54) is 18.2 Å². The monoisotopic (exact) mass is 311 g/mol. The molecule has 1 amide bonds. The average Bonchev–Trinajstić information content (AvgIpc) is 2.50. The van der Waals surface area contributed by atoms with Crippen molar-refractivity contribution < 1.29 is 23.8 Å². The first-order chi connectivity index (χ1) is 10.5. The zero-order valence-corrected chi connectivity index (χ0v) is 12.8. The maximum Gasteiger partial charge on any atom is 0.326 e. The van der Waals surface area contributed by atoms with E-state index in [1.54, 1.807) is 13.0 Å². The van der Waals surface area contributed by atoms with Crippen LogP contribution in [0.15, 0.2) is 24.3 Å². The van der Waals surface area contributed by atoms with Crippen molar-refractivity contribution in [3.05, 3.63) is 30.1 Å². The Morgan fingerprint density at radius 2 is 2.00 bits per heavy atom. The van der Waals surface area contributed by atoms with E-state index in [1.807, 2.05) is 6.92 Å². The molecule has 5 nitrogen and oxygen atoms in total. The first-order valence-electron chi connectivity index (χ1n) is 7.43. The van der Waals surface area contributed by atoms with Crippen LogP contribution in [0.25, 0.3) is 0 Å². The number of carbonyl (C=O) groups excluding carboxylic acids is 1. The number of carboxylic acid groups (broad SMARTS) is 1. The molecule has 0 spiro atoms. The number of ether oxygens (including phenoxy) is 1. The highest BCUT2D eigenvalue weighted by Gasteiger charge is 2.25. The van der Waals surface area contributed by atoms with Crippen molar-refractivity contribution in [2.75, 3.05) is 0 Å². The second-order valence-electron chi connectivity index (χ2n) is 4.99. The molecule has 0 saturated heterocycles. The summed E-state index contributed by atoms with van der Waals surface area (Å²) >= 11 is 0. The highest BCUT2D eigenvalue weighted by atomic mass is 19.1. The molecule has 1 rings (SSSR count). The van der Waals surface area contributed by atoms with E-state index in [2.05, 4.69) is 5.32 Å². The van der Waals surface area contributed by atoms with Crippen LogP contribution in [0.1, 0.15) is 39.5 Å². The van der Waals surface area contributed by atoms with Gasteiger partial charge in [-0.1, -0.05) is 38.8 Å². The lowest BCUT2D eigenvalue weighted by Gasteiger charge is -2.20. The summed E-state index contributed by atoms with van der Waals surface area (Å²) in [5.74, 6) is -2.21. The number of nitrogens with one attached hydrogen (secondary N) is 1. The molecule has 0 bridgehead atoms. The van der Waals surface area contributed by atoms with Gasteiger partial charge >= 0.3 is 5.97 Å². The lowest BCUT2D eigenvalue weighted by Crippen LogP contribution is -2.47. The molecule has 0 heterocycles. The van der Waals surface area contributed by atoms with Crippen LogP contribution >= 0.6 is 0 Å². The first-order valence-corrected chi connectivity index (χ1v) is 7.43. The third kappa shape index (κ3) is 5.35. The van der Waals surface area contributed by atoms with Crippen molar-refractivity contribution in [2.24, 2.45) is 0 Å². The summed E-state index contributed by atoms with van der Waals surface area (Å²) in [5.41, 5.74) is 0. The van der Waals surface area contributed by atoms with Crippen molar-refractivity contribution in [1.29, 1.82) is 0 Å². The second-order valence-corrected chi connectivity index (χ2v) is 4.99. The number of rotatable bonds is 9. The number of carbonyl (C=O) groups is 2. The van der Waals surface area contributed by atoms with Crippen LogP contribution in [0.5, 0.6) is 5.75 Å². The van der Waals surface area contributed by atoms with Gasteiger partial charge in [0.25, 0.3) is 5.91 Å². The average molecular weight is 311 g/mol. The van der Waals surface area contributed by atoms with Crippen molar-refractivity contribution in [3.8, 4) is 5.75 Å². The van der Waals surface area contributed by atoms with Gasteiger partial charge in [-0.2, -0.15) is 0 Å². The van der Waals surface area contributed by atoms with Gasteiger partial charge in [0.05, 0.1) is 0 Å². The van der Waals surface area contributed by atoms with Gasteiger partial charge < -0.3 is 15.2 Å². The largest absolute Gasteiger partial charge is 0.480 e. The minimum absolute atomic E-state index is 0.0232. The summed E-state index contributed by atoms with van der Waals surface area (Å²) in [6.45, 7) is 3.66. The number of halogens is 1. The number of amides is 1. The van der Waals surface area contributed by atoms with Crippen molar-refractivity contribution in [3.63, 3.8) is 0 Å². The van der Waals surface area contributed by atoms with Gasteiger partial charge in [0.2, 0.25) is 0 Å². The molecule has 6 heteroatoms. The maximum absolute atomic E-state index is 13.6. The predicted molar refractivity (Wildman–Crippen MR) is 80.2 cm³/mol. The Bertz CT molecular complexity index is 507. The number of unbranched alkanes of at least 4 members (excludes halogenated alkanes) is 1. The van der Waals surface area contributed by atoms with Crippen LogP contribution in [0.2, 0.25) is 0 Å². The lowest BCUT2D eigenvalue weighted by molar-refractivity contribution is -0.143. The van der Waals surface area contributed by atoms with Gasteiger partial charge in [0.1, 0.15) is 6.04 Å². The van der Waals surface area contributed by atoms with Crippen LogP contribution in [-0.4, -0.2) is 29.1 Å². The third-order valence-electron chi connectivity index (χ3n) is 3.23. The Hall–Kier alpha value is -2.11. The molecule has 0 radical (unpaired) electrons. The molecule has 1 aromatic carbocycles. The topological polar surface area (TPSA) is 75.6 Å². The maximum atomic E-state index is 13.6. The van der Waals surface area contributed by atoms with Crippen LogP contribution in [0.4, 0.5) is 4.39 Å². The predicted octanol–water partition coefficient (Wildman–Crippen LogP) is 2.74. The van der Waals surface area contributed by atoms with E-state index in [0.29, 0.717) is 19.3 Å². The molecule has 1 aromatic rings. The molecular weight excluding hydrogens is 289 g/mol. The van der Waals surface area contributed by atoms with Crippen LogP contribution in [0, 0.1) is 5.82 Å². The molecule has 0 aromatic heterocycles. The summed E-state index contributed by atoms with van der Waals surface area (Å²) < 4.78 is 18.9. The van der Waals surface area contributed by atoms with Crippen LogP contribution in [-0.2, 0) is 9.59 Å². The normalized spacial score (nSPS) is 13.2. The van der Waals surface area contributed by atoms with Gasteiger partial charge in [-0.25, -0.2) is 9.18 Å². The Morgan fingerprint density at radius 3 is 2.55 bits per heavy atom. The van der Waals surface area contributed by atoms with E-state index < -0.39 is 29.8 Å². The van der Waals surface area contributed by atoms with Gasteiger partial charge in [-0.05, 0) is 25.0 Å². The van der Waals surface area contributed by atoms with Gasteiger partial charge in [-0.3, -0.25) is 4.79 Å². The highest BCUT2D eigenvalue weighted by Crippen LogP contribution is 2.18. The van der Waals surface area contributed by atoms with Crippen molar-refractivity contribution in [2.45, 2.75) is 51.7 Å². The molecular formula is C16H22FNO4. The zero-order valence-electron chi connectivity index (χ0n) is 12.8. The second kappa shape index (κ2) is 9.02. The lowest BCUT2D eigenvalue weighted by atomic mass is 10.1. The fourth-order valence-corrected chi connectivity index (χ4v) is 1.95. The molecule has 2 atom stereocenters. The van der Waals surface area contributed by atoms with E-state index in [4.69, 9.17) is 9.84 Å². The number of para-hydroxylation sites is 1. The molecule has 0 aliphatic rings. The Morgan fingerprint density at radius 1 is 1.32 bits per heavy atom. The summed E-state index contributed by atoms with van der Waals surface area (Å²) in [5, 5.41) is 11.6. The molecule has 0 aliphatic heterocycles. The van der Waals surface area contributed by atoms with Gasteiger partial charge in [-0.15, -0.1) is 0 Å². The summed E-state index contributed by atoms with van der Waals surface area (Å²) in [4.78, 5) is 23.3. The van der Waals surface area contributed by atoms with E-state index in [-0.39, 0.29) is 5.75 Å². The minimum atomic E-state index is -1.08. The molecule has 22 heavy (non-hydrogen) atoms. The summed E-state index contributed by atoms with van der Waals surface area (Å²) in [6, 6.07) is 4.84. The SMILES string of the molecule is CCCC[C@H](NC(=O)C(CC)Oc1ccccc1F)C(=O)O. The molecule has 0 fully saturated rings. The standard InChI is InChI=1S/C16H22FNO4/c1-3-5-9-12(16(20)21)18-15(19)13(4-2)22-14-10-7-6-8-11(14)17/h6-8,10,12-13H,3-5,9H2,1-2H3,(H,18,19)(H,20,21)/t12-,13?/m0/s1. The van der Waals surface area contributed by atoms with Gasteiger partial charge in [0.15, 0.2) is 17.7 Å². The van der Waals surface area contributed by atoms with Crippen molar-refractivity contribution in [1.82, 2.24) is 5.32 Å². The fourth-order valence-electron chi connectivity index (χ4n) is 1.95. The third-order valence-corrected chi connectivity index (χ3v) is 3.23. The van der Waals surface area contributed by atoms with Crippen LogP contribution < -0.4 is 10.1 Å². The first kappa shape index (κ1) is 17.9. The number of hydrogen-bond acceptors (Lipinski definition) is 3. The quantitative estimate of drug-likeness (QED) is 0.735. The number of benzene rings is 1. The fraction of sp³-hybridized carbons (Fsp3) is 0.500. The van der Waals surface area contributed by atoms with Gasteiger partial charge in [0, 0.05) is 0 Å². The Balaban J connectivity index is 2.71. The molecule has 2 N–H and O–H groups in total. The van der Waals surface area contributed by atoms with E-state index in [0.717, 1.165) is 6.42 Å². The molecule has 0 aliphatic carbocycles. The number of carboxylic acids is 1. The zero-order chi connectivity index (χ0) is 16.5. The van der Waals surface area contributed by atoms with Crippen LogP contribution in [0.3, 0.4) is 0 Å².